The third kappa shape index (κ3) is 4.27. The molecule has 82 valence electrons. The maximum absolute atomic E-state index is 12.0. The smallest absolute Gasteiger partial charge is 0.153 e. The van der Waals surface area contributed by atoms with Crippen molar-refractivity contribution in [3.05, 3.63) is 0 Å². The van der Waals surface area contributed by atoms with E-state index < -0.39 is 4.75 Å². The molecule has 14 heavy (non-hydrogen) atoms. The van der Waals surface area contributed by atoms with Crippen LogP contribution in [0.3, 0.4) is 0 Å². The van der Waals surface area contributed by atoms with Crippen LogP contribution < -0.4 is 0 Å². The van der Waals surface area contributed by atoms with Crippen molar-refractivity contribution in [1.82, 2.24) is 0 Å². The van der Waals surface area contributed by atoms with Gasteiger partial charge in [-0.2, -0.15) is 0 Å². The SMILES string of the molecule is CC(=O)CSC(C)(C)C(=O)C(C)(C)C. The van der Waals surface area contributed by atoms with Crippen LogP contribution in [-0.2, 0) is 9.59 Å². The van der Waals surface area contributed by atoms with Crippen molar-refractivity contribution < 1.29 is 9.59 Å². The van der Waals surface area contributed by atoms with Crippen LogP contribution in [-0.4, -0.2) is 22.1 Å². The highest BCUT2D eigenvalue weighted by atomic mass is 32.2. The Labute approximate surface area is 90.8 Å². The first-order valence-corrected chi connectivity index (χ1v) is 5.74. The molecule has 0 aromatic rings. The number of hydrogen-bond donors (Lipinski definition) is 0. The zero-order chi connectivity index (χ0) is 11.6. The third-order valence-corrected chi connectivity index (χ3v) is 3.32. The minimum Gasteiger partial charge on any atom is -0.299 e. The highest BCUT2D eigenvalue weighted by Gasteiger charge is 2.36. The fourth-order valence-corrected chi connectivity index (χ4v) is 2.25. The molecule has 0 fully saturated rings. The van der Waals surface area contributed by atoms with Gasteiger partial charge in [0.05, 0.1) is 10.5 Å². The van der Waals surface area contributed by atoms with Crippen molar-refractivity contribution in [2.45, 2.75) is 46.3 Å². The van der Waals surface area contributed by atoms with Gasteiger partial charge in [0.1, 0.15) is 5.78 Å². The number of carbonyl (C=O) groups excluding carboxylic acids is 2. The third-order valence-electron chi connectivity index (χ3n) is 1.86. The minimum absolute atomic E-state index is 0.116. The van der Waals surface area contributed by atoms with Crippen LogP contribution in [0.4, 0.5) is 0 Å². The van der Waals surface area contributed by atoms with Gasteiger partial charge in [-0.3, -0.25) is 9.59 Å². The lowest BCUT2D eigenvalue weighted by molar-refractivity contribution is -0.127. The van der Waals surface area contributed by atoms with Crippen LogP contribution in [0.25, 0.3) is 0 Å². The average molecular weight is 216 g/mol. The minimum atomic E-state index is -0.468. The standard InChI is InChI=1S/C11H20O2S/c1-8(12)7-14-11(5,6)9(13)10(2,3)4/h7H2,1-6H3. The van der Waals surface area contributed by atoms with Gasteiger partial charge in [0, 0.05) is 5.41 Å². The van der Waals surface area contributed by atoms with E-state index in [0.29, 0.717) is 5.75 Å². The van der Waals surface area contributed by atoms with Gasteiger partial charge in [0.25, 0.3) is 0 Å². The van der Waals surface area contributed by atoms with Crippen LogP contribution in [0.2, 0.25) is 0 Å². The number of rotatable bonds is 4. The van der Waals surface area contributed by atoms with Gasteiger partial charge in [-0.25, -0.2) is 0 Å². The summed E-state index contributed by atoms with van der Waals surface area (Å²) >= 11 is 1.42. The molecule has 0 amide bonds. The molecule has 0 aromatic carbocycles. The van der Waals surface area contributed by atoms with Crippen molar-refractivity contribution in [3.63, 3.8) is 0 Å². The Morgan fingerprint density at radius 3 is 1.79 bits per heavy atom. The molecule has 0 atom stereocenters. The maximum atomic E-state index is 12.0. The first-order valence-electron chi connectivity index (χ1n) is 4.75. The quantitative estimate of drug-likeness (QED) is 0.724. The van der Waals surface area contributed by atoms with E-state index in [0.717, 1.165) is 0 Å². The molecule has 3 heteroatoms. The van der Waals surface area contributed by atoms with E-state index >= 15 is 0 Å². The van der Waals surface area contributed by atoms with Crippen LogP contribution in [0.5, 0.6) is 0 Å². The first kappa shape index (κ1) is 13.7. The summed E-state index contributed by atoms with van der Waals surface area (Å²) in [5.41, 5.74) is -0.340. The predicted molar refractivity (Wildman–Crippen MR) is 61.7 cm³/mol. The lowest BCUT2D eigenvalue weighted by Crippen LogP contribution is -2.38. The van der Waals surface area contributed by atoms with Gasteiger partial charge in [0.15, 0.2) is 5.78 Å². The molecule has 0 aliphatic heterocycles. The Morgan fingerprint density at radius 1 is 1.07 bits per heavy atom. The van der Waals surface area contributed by atoms with Gasteiger partial charge >= 0.3 is 0 Å². The summed E-state index contributed by atoms with van der Waals surface area (Å²) in [6, 6.07) is 0. The number of carbonyl (C=O) groups is 2. The van der Waals surface area contributed by atoms with Gasteiger partial charge in [-0.1, -0.05) is 20.8 Å². The fourth-order valence-electron chi connectivity index (χ4n) is 1.25. The molecule has 0 heterocycles. The molecule has 2 nitrogen and oxygen atoms in total. The van der Waals surface area contributed by atoms with E-state index in [4.69, 9.17) is 0 Å². The fraction of sp³-hybridized carbons (Fsp3) is 0.818. The van der Waals surface area contributed by atoms with Crippen LogP contribution in [0.1, 0.15) is 41.5 Å². The van der Waals surface area contributed by atoms with E-state index in [9.17, 15) is 9.59 Å². The maximum Gasteiger partial charge on any atom is 0.153 e. The monoisotopic (exact) mass is 216 g/mol. The van der Waals surface area contributed by atoms with Crippen molar-refractivity contribution in [2.75, 3.05) is 5.75 Å². The summed E-state index contributed by atoms with van der Waals surface area (Å²) in [7, 11) is 0. The Bertz CT molecular complexity index is 236. The van der Waals surface area contributed by atoms with Crippen LogP contribution in [0.15, 0.2) is 0 Å². The molecule has 0 saturated carbocycles. The highest BCUT2D eigenvalue weighted by molar-refractivity contribution is 8.02. The van der Waals surface area contributed by atoms with E-state index in [2.05, 4.69) is 0 Å². The van der Waals surface area contributed by atoms with Gasteiger partial charge in [-0.05, 0) is 20.8 Å². The second-order valence-corrected chi connectivity index (χ2v) is 6.68. The van der Waals surface area contributed by atoms with E-state index in [-0.39, 0.29) is 17.0 Å². The summed E-state index contributed by atoms with van der Waals surface area (Å²) in [6.45, 7) is 11.0. The van der Waals surface area contributed by atoms with E-state index in [1.807, 2.05) is 34.6 Å². The van der Waals surface area contributed by atoms with Crippen molar-refractivity contribution in [2.24, 2.45) is 5.41 Å². The van der Waals surface area contributed by atoms with Crippen molar-refractivity contribution >= 4 is 23.3 Å². The average Bonchev–Trinajstić information content (AvgIpc) is 1.98. The van der Waals surface area contributed by atoms with E-state index in [1.54, 1.807) is 6.92 Å². The molecule has 0 radical (unpaired) electrons. The molecule has 0 rings (SSSR count). The normalized spacial score (nSPS) is 12.7. The van der Waals surface area contributed by atoms with Gasteiger partial charge < -0.3 is 0 Å². The summed E-state index contributed by atoms with van der Waals surface area (Å²) in [6.07, 6.45) is 0. The Morgan fingerprint density at radius 2 is 1.50 bits per heavy atom. The molecule has 0 saturated heterocycles. The van der Waals surface area contributed by atoms with Crippen LogP contribution >= 0.6 is 11.8 Å². The molecule has 0 aliphatic carbocycles. The lowest BCUT2D eigenvalue weighted by Gasteiger charge is -2.29. The molecule has 0 aromatic heterocycles. The number of Topliss-reactive ketones (excluding diaryl/α,β-unsaturated/α-hetero) is 2. The summed E-state index contributed by atoms with van der Waals surface area (Å²) in [4.78, 5) is 22.8. The summed E-state index contributed by atoms with van der Waals surface area (Å²) < 4.78 is -0.468. The molecule has 0 unspecified atom stereocenters. The van der Waals surface area contributed by atoms with Crippen molar-refractivity contribution in [3.8, 4) is 0 Å². The Hall–Kier alpha value is -0.310. The topological polar surface area (TPSA) is 34.1 Å². The zero-order valence-electron chi connectivity index (χ0n) is 9.93. The molecule has 0 spiro atoms. The number of thioether (sulfide) groups is 1. The first-order chi connectivity index (χ1) is 6.07. The molecule has 0 bridgehead atoms. The largest absolute Gasteiger partial charge is 0.299 e. The lowest BCUT2D eigenvalue weighted by atomic mass is 9.84. The molecule has 0 N–H and O–H groups in total. The predicted octanol–water partition coefficient (Wildman–Crippen LogP) is 2.70. The zero-order valence-corrected chi connectivity index (χ0v) is 10.7. The molecular formula is C11H20O2S. The van der Waals surface area contributed by atoms with Crippen molar-refractivity contribution in [1.29, 1.82) is 0 Å². The number of hydrogen-bond acceptors (Lipinski definition) is 3. The second-order valence-electron chi connectivity index (χ2n) is 5.08. The summed E-state index contributed by atoms with van der Waals surface area (Å²) in [5, 5.41) is 0. The Kier molecular flexibility index (Phi) is 4.37. The van der Waals surface area contributed by atoms with Gasteiger partial charge in [-0.15, -0.1) is 11.8 Å². The van der Waals surface area contributed by atoms with E-state index in [1.165, 1.54) is 11.8 Å². The molecular weight excluding hydrogens is 196 g/mol. The molecule has 0 aliphatic rings. The highest BCUT2D eigenvalue weighted by Crippen LogP contribution is 2.33. The number of ketones is 2. The van der Waals surface area contributed by atoms with Crippen LogP contribution in [0, 0.1) is 5.41 Å². The Balaban J connectivity index is 4.46. The summed E-state index contributed by atoms with van der Waals surface area (Å²) in [5.74, 6) is 0.718. The second kappa shape index (κ2) is 4.47. The van der Waals surface area contributed by atoms with Gasteiger partial charge in [0.2, 0.25) is 0 Å².